The number of fused-ring (bicyclic) bond motifs is 1. The highest BCUT2D eigenvalue weighted by molar-refractivity contribution is 5.94. The predicted octanol–water partition coefficient (Wildman–Crippen LogP) is 2.34. The molecule has 2 aliphatic rings. The molecule has 2 saturated heterocycles. The number of rotatable bonds is 5. The largest absolute Gasteiger partial charge is 0.352 e. The van der Waals surface area contributed by atoms with Crippen molar-refractivity contribution >= 4 is 11.8 Å². The van der Waals surface area contributed by atoms with E-state index in [1.54, 1.807) is 4.68 Å². The first-order valence-corrected chi connectivity index (χ1v) is 10.9. The minimum Gasteiger partial charge on any atom is -0.352 e. The lowest BCUT2D eigenvalue weighted by Gasteiger charge is -2.41. The Morgan fingerprint density at radius 3 is 2.70 bits per heavy atom. The first-order chi connectivity index (χ1) is 14.4. The van der Waals surface area contributed by atoms with Gasteiger partial charge >= 0.3 is 0 Å². The Morgan fingerprint density at radius 1 is 1.20 bits per heavy atom. The zero-order valence-corrected chi connectivity index (χ0v) is 18.0. The van der Waals surface area contributed by atoms with E-state index in [-0.39, 0.29) is 23.9 Å². The maximum atomic E-state index is 13.0. The molecule has 2 atom stereocenters. The van der Waals surface area contributed by atoms with Crippen LogP contribution < -0.4 is 10.6 Å². The van der Waals surface area contributed by atoms with E-state index >= 15 is 0 Å². The van der Waals surface area contributed by atoms with Crippen LogP contribution in [0.4, 0.5) is 0 Å². The third kappa shape index (κ3) is 3.86. The van der Waals surface area contributed by atoms with Crippen molar-refractivity contribution < 1.29 is 9.59 Å². The number of hydrogen-bond acceptors (Lipinski definition) is 4. The summed E-state index contributed by atoms with van der Waals surface area (Å²) in [5, 5.41) is 10.7. The number of nitrogens with one attached hydrogen (secondary N) is 2. The van der Waals surface area contributed by atoms with Crippen LogP contribution in [0.25, 0.3) is 11.3 Å². The Hall–Kier alpha value is -2.67. The van der Waals surface area contributed by atoms with Crippen LogP contribution in [0.5, 0.6) is 0 Å². The SMILES string of the molecule is CC(C)NC(=O)[C@@]12CCCCN1C[C@@H](NC(=O)c1cc(-c3ccccc3)n(C)n1)C2. The topological polar surface area (TPSA) is 79.3 Å². The summed E-state index contributed by atoms with van der Waals surface area (Å²) >= 11 is 0. The van der Waals surface area contributed by atoms with Gasteiger partial charge in [0.05, 0.1) is 5.69 Å². The van der Waals surface area contributed by atoms with Crippen molar-refractivity contribution in [1.29, 1.82) is 0 Å². The number of benzene rings is 1. The van der Waals surface area contributed by atoms with E-state index in [2.05, 4.69) is 20.6 Å². The van der Waals surface area contributed by atoms with E-state index < -0.39 is 5.54 Å². The van der Waals surface area contributed by atoms with Gasteiger partial charge in [0.25, 0.3) is 5.91 Å². The lowest BCUT2D eigenvalue weighted by molar-refractivity contribution is -0.134. The first kappa shape index (κ1) is 20.6. The summed E-state index contributed by atoms with van der Waals surface area (Å²) < 4.78 is 1.74. The number of carbonyl (C=O) groups is 2. The van der Waals surface area contributed by atoms with Gasteiger partial charge in [-0.15, -0.1) is 0 Å². The molecule has 2 amide bonds. The van der Waals surface area contributed by atoms with Crippen LogP contribution in [-0.2, 0) is 11.8 Å². The van der Waals surface area contributed by atoms with Crippen LogP contribution >= 0.6 is 0 Å². The van der Waals surface area contributed by atoms with E-state index in [0.717, 1.165) is 37.1 Å². The van der Waals surface area contributed by atoms with Crippen molar-refractivity contribution in [3.63, 3.8) is 0 Å². The molecule has 30 heavy (non-hydrogen) atoms. The molecule has 0 aliphatic carbocycles. The summed E-state index contributed by atoms with van der Waals surface area (Å²) in [5.41, 5.74) is 1.83. The second kappa shape index (κ2) is 8.22. The summed E-state index contributed by atoms with van der Waals surface area (Å²) in [5.74, 6) is -0.0878. The number of piperidine rings is 1. The van der Waals surface area contributed by atoms with Gasteiger partial charge in [-0.2, -0.15) is 5.10 Å². The lowest BCUT2D eigenvalue weighted by Crippen LogP contribution is -2.58. The standard InChI is InChI=1S/C23H31N5O2/c1-16(2)24-22(30)23-11-7-8-12-28(23)15-18(14-23)25-21(29)19-13-20(27(3)26-19)17-9-5-4-6-10-17/h4-6,9-10,13,16,18H,7-8,11-12,14-15H2,1-3H3,(H,24,30)(H,25,29)/t18-,23-/m0/s1. The predicted molar refractivity (Wildman–Crippen MR) is 116 cm³/mol. The number of hydrogen-bond donors (Lipinski definition) is 2. The molecule has 2 fully saturated rings. The molecule has 2 aromatic rings. The number of nitrogens with zero attached hydrogens (tertiary/aromatic N) is 3. The molecule has 7 heteroatoms. The number of carbonyl (C=O) groups excluding carboxylic acids is 2. The van der Waals surface area contributed by atoms with Gasteiger partial charge in [-0.25, -0.2) is 0 Å². The molecule has 1 aromatic carbocycles. The number of aryl methyl sites for hydroxylation is 1. The average molecular weight is 410 g/mol. The summed E-state index contributed by atoms with van der Waals surface area (Å²) in [7, 11) is 1.85. The molecule has 2 aliphatic heterocycles. The zero-order chi connectivity index (χ0) is 21.3. The molecule has 0 spiro atoms. The molecule has 7 nitrogen and oxygen atoms in total. The normalized spacial score (nSPS) is 23.9. The number of aromatic nitrogens is 2. The minimum atomic E-state index is -0.500. The summed E-state index contributed by atoms with van der Waals surface area (Å²) in [6.07, 6.45) is 3.64. The van der Waals surface area contributed by atoms with Gasteiger partial charge in [0.2, 0.25) is 5.91 Å². The van der Waals surface area contributed by atoms with E-state index in [0.29, 0.717) is 18.7 Å². The molecule has 160 valence electrons. The molecule has 0 bridgehead atoms. The Bertz CT molecular complexity index is 923. The monoisotopic (exact) mass is 409 g/mol. The molecule has 3 heterocycles. The molecular weight excluding hydrogens is 378 g/mol. The molecular formula is C23H31N5O2. The maximum Gasteiger partial charge on any atom is 0.272 e. The smallest absolute Gasteiger partial charge is 0.272 e. The van der Waals surface area contributed by atoms with Gasteiger partial charge in [-0.1, -0.05) is 30.3 Å². The van der Waals surface area contributed by atoms with Gasteiger partial charge in [0.15, 0.2) is 5.69 Å². The Morgan fingerprint density at radius 2 is 1.97 bits per heavy atom. The summed E-state index contributed by atoms with van der Waals surface area (Å²) in [6.45, 7) is 5.58. The van der Waals surface area contributed by atoms with Crippen LogP contribution in [0.1, 0.15) is 50.0 Å². The Labute approximate surface area is 177 Å². The molecule has 0 unspecified atom stereocenters. The van der Waals surface area contributed by atoms with Crippen molar-refractivity contribution in [3.8, 4) is 11.3 Å². The van der Waals surface area contributed by atoms with Crippen molar-refractivity contribution in [2.75, 3.05) is 13.1 Å². The van der Waals surface area contributed by atoms with Crippen molar-refractivity contribution in [3.05, 3.63) is 42.1 Å². The van der Waals surface area contributed by atoms with Crippen LogP contribution in [0.3, 0.4) is 0 Å². The molecule has 1 aromatic heterocycles. The van der Waals surface area contributed by atoms with Crippen molar-refractivity contribution in [1.82, 2.24) is 25.3 Å². The molecule has 2 N–H and O–H groups in total. The van der Waals surface area contributed by atoms with Gasteiger partial charge < -0.3 is 10.6 Å². The van der Waals surface area contributed by atoms with E-state index in [9.17, 15) is 9.59 Å². The zero-order valence-electron chi connectivity index (χ0n) is 18.0. The van der Waals surface area contributed by atoms with E-state index in [1.165, 1.54) is 0 Å². The van der Waals surface area contributed by atoms with E-state index in [4.69, 9.17) is 0 Å². The summed E-state index contributed by atoms with van der Waals surface area (Å²) in [6, 6.07) is 11.8. The highest BCUT2D eigenvalue weighted by Crippen LogP contribution is 2.38. The van der Waals surface area contributed by atoms with Gasteiger partial charge in [-0.3, -0.25) is 19.2 Å². The fraction of sp³-hybridized carbons (Fsp3) is 0.522. The summed E-state index contributed by atoms with van der Waals surface area (Å²) in [4.78, 5) is 28.3. The highest BCUT2D eigenvalue weighted by Gasteiger charge is 2.52. The van der Waals surface area contributed by atoms with Gasteiger partial charge in [-0.05, 0) is 57.7 Å². The highest BCUT2D eigenvalue weighted by atomic mass is 16.2. The average Bonchev–Trinajstić information content (AvgIpc) is 3.29. The molecule has 4 rings (SSSR count). The fourth-order valence-corrected chi connectivity index (χ4v) is 4.89. The third-order valence-electron chi connectivity index (χ3n) is 6.26. The van der Waals surface area contributed by atoms with Crippen molar-refractivity contribution in [2.24, 2.45) is 7.05 Å². The minimum absolute atomic E-state index is 0.0595. The first-order valence-electron chi connectivity index (χ1n) is 10.9. The van der Waals surface area contributed by atoms with Crippen LogP contribution in [0.15, 0.2) is 36.4 Å². The second-order valence-corrected chi connectivity index (χ2v) is 8.84. The van der Waals surface area contributed by atoms with Crippen LogP contribution in [0.2, 0.25) is 0 Å². The molecule has 0 saturated carbocycles. The lowest BCUT2D eigenvalue weighted by atomic mass is 9.84. The quantitative estimate of drug-likeness (QED) is 0.795. The fourth-order valence-electron chi connectivity index (χ4n) is 4.89. The Kier molecular flexibility index (Phi) is 5.64. The maximum absolute atomic E-state index is 13.0. The van der Waals surface area contributed by atoms with Crippen molar-refractivity contribution in [2.45, 2.75) is 57.2 Å². The Balaban J connectivity index is 1.49. The van der Waals surface area contributed by atoms with Crippen LogP contribution in [0, 0.1) is 0 Å². The molecule has 0 radical (unpaired) electrons. The van der Waals surface area contributed by atoms with Gasteiger partial charge in [0, 0.05) is 25.7 Å². The van der Waals surface area contributed by atoms with Gasteiger partial charge in [0.1, 0.15) is 5.54 Å². The third-order valence-corrected chi connectivity index (χ3v) is 6.26. The number of amides is 2. The second-order valence-electron chi connectivity index (χ2n) is 8.84. The van der Waals surface area contributed by atoms with E-state index in [1.807, 2.05) is 57.3 Å². The van der Waals surface area contributed by atoms with Crippen LogP contribution in [-0.4, -0.2) is 57.2 Å².